The van der Waals surface area contributed by atoms with E-state index in [0.29, 0.717) is 150 Å². The van der Waals surface area contributed by atoms with Crippen molar-refractivity contribution in [1.29, 1.82) is 0 Å². The first-order valence-corrected chi connectivity index (χ1v) is 58.3. The molecule has 4 aromatic carbocycles. The number of nitrogens with zero attached hydrogens (tertiary/aromatic N) is 12. The number of carbonyl (C=O) groups is 4. The molecule has 0 amide bonds. The number of ether oxygens (including phenoxy) is 4. The largest absolute Gasteiger partial charge is 0.463 e. The average Bonchev–Trinajstić information content (AvgIpc) is 1.60. The van der Waals surface area contributed by atoms with Gasteiger partial charge < -0.3 is 44.3 Å². The third-order valence-electron chi connectivity index (χ3n) is 22.0. The van der Waals surface area contributed by atoms with E-state index in [1.165, 1.54) is 114 Å². The molecule has 4 saturated heterocycles. The lowest BCUT2D eigenvalue weighted by molar-refractivity contribution is -0.140. The molecule has 8 aliphatic heterocycles. The van der Waals surface area contributed by atoms with E-state index in [-0.39, 0.29) is 82.1 Å². The van der Waals surface area contributed by atoms with Crippen LogP contribution >= 0.6 is 144 Å². The Morgan fingerprint density at radius 2 is 0.631 bits per heavy atom. The summed E-state index contributed by atoms with van der Waals surface area (Å²) in [5, 5.41) is 7.73. The Morgan fingerprint density at radius 3 is 0.816 bits per heavy atom. The van der Waals surface area contributed by atoms with Crippen molar-refractivity contribution in [2.45, 2.75) is 178 Å². The molecule has 12 heterocycles. The fraction of sp³-hybridized carbons (Fsp3) is 0.416. The summed E-state index contributed by atoms with van der Waals surface area (Å²) in [5.41, 5.74) is 12.7. The standard InChI is InChI=1S/3C22H24BrFN4O4S2.C19H18BrFN4O2S.C3H7ClO2S.CH3FS.ClH/c3*1-4-32-22(29)18-17-10-14(27-34(30,31)12(2)3)11-28(17)20(21-25-7-8-33-21)26-19(18)15-6-5-13(24)9-16(15)23;1-2-27-19(26)15-14-8-11(22)9-25(14)17(18-23-5-6-28-18)24-16(15)12-4-3-10(21)7-13(12)20;1-3(2)7(4,5)6;1-3-2;/h3*5-9,12,14,19,27H,4,10-11H2,1-3H3;3-7,11,16H,2,8-9,22H2,1H3;3H,1-2H3;1H3;1H/t2*14-,19?;;;;;/m10...../s1. The number of hydrogen-bond donors (Lipinski definition) is 4. The van der Waals surface area contributed by atoms with Crippen molar-refractivity contribution in [3.63, 3.8) is 0 Å². The first kappa shape index (κ1) is 115. The maximum absolute atomic E-state index is 13.8. The summed E-state index contributed by atoms with van der Waals surface area (Å²) >= 11 is 19.5. The first-order chi connectivity index (χ1) is 66.2. The van der Waals surface area contributed by atoms with Crippen LogP contribution in [-0.4, -0.2) is 224 Å². The maximum atomic E-state index is 13.8. The molecule has 764 valence electrons. The molecular weight excluding hydrogens is 2320 g/mol. The van der Waals surface area contributed by atoms with Gasteiger partial charge in [0.05, 0.1) is 69.7 Å². The average molecular weight is 2420 g/mol. The normalized spacial score (nSPS) is 19.9. The highest BCUT2D eigenvalue weighted by atomic mass is 79.9. The molecular formula is C89H101Br4Cl2F5N16O16S9. The minimum absolute atomic E-state index is 0. The fourth-order valence-electron chi connectivity index (χ4n) is 15.4. The highest BCUT2D eigenvalue weighted by Crippen LogP contribution is 2.49. The van der Waals surface area contributed by atoms with Gasteiger partial charge in [0.1, 0.15) is 47.4 Å². The van der Waals surface area contributed by atoms with Crippen molar-refractivity contribution in [3.8, 4) is 0 Å². The monoisotopic (exact) mass is 2420 g/mol. The SMILES string of the molecule is CC(C)S(=O)(=O)Cl.CCOC(=O)C1=C2CC(N)CN2C(c2nccs2)=NC1c1ccc(F)cc1Br.CCOC(=O)C1=C2CC(NS(=O)(=O)C(C)C)CN2C(c2nccs2)=NC1c1ccc(F)cc1Br.CCOC(=O)C1=C2C[C@@H](NS(=O)(=O)C(C)C)CN2C(c2nccs2)=NC1c1ccc(F)cc1Br.CCOC(=O)C1=C2C[C@H](NS(=O)(=O)C(C)C)CN2C(c2nccs2)=NC1c1ccc(F)cc1Br.CSF.Cl. The van der Waals surface area contributed by atoms with Gasteiger partial charge in [0.15, 0.2) is 43.4 Å². The molecule has 4 fully saturated rings. The topological polar surface area (TPSA) is 418 Å². The molecule has 8 atom stereocenters. The number of nitrogens with two attached hydrogens (primary N) is 1. The number of aromatic nitrogens is 4. The van der Waals surface area contributed by atoms with Crippen molar-refractivity contribution < 1.29 is 93.2 Å². The van der Waals surface area contributed by atoms with E-state index >= 15 is 0 Å². The molecule has 5 N–H and O–H groups in total. The molecule has 52 heteroatoms. The van der Waals surface area contributed by atoms with Gasteiger partial charge in [-0.05, 0) is 154 Å². The lowest BCUT2D eigenvalue weighted by Crippen LogP contribution is -2.42. The van der Waals surface area contributed by atoms with Gasteiger partial charge in [-0.25, -0.2) is 105 Å². The van der Waals surface area contributed by atoms with E-state index in [1.54, 1.807) is 118 Å². The third-order valence-corrected chi connectivity index (χ3v) is 35.7. The molecule has 6 unspecified atom stereocenters. The highest BCUT2D eigenvalue weighted by Gasteiger charge is 2.49. The van der Waals surface area contributed by atoms with Gasteiger partial charge >= 0.3 is 23.9 Å². The van der Waals surface area contributed by atoms with Crippen molar-refractivity contribution in [1.82, 2.24) is 53.7 Å². The zero-order chi connectivity index (χ0) is 102. The number of amidine groups is 4. The quantitative estimate of drug-likeness (QED) is 0.0169. The minimum atomic E-state index is -3.54. The summed E-state index contributed by atoms with van der Waals surface area (Å²) in [6.45, 7) is 21.8. The van der Waals surface area contributed by atoms with E-state index in [2.05, 4.69) is 97.8 Å². The molecule has 4 aromatic heterocycles. The second kappa shape index (κ2) is 50.6. The number of sulfonamides is 3. The lowest BCUT2D eigenvalue weighted by Gasteiger charge is -2.31. The van der Waals surface area contributed by atoms with Crippen LogP contribution in [0.4, 0.5) is 21.4 Å². The predicted molar refractivity (Wildman–Crippen MR) is 555 cm³/mol. The molecule has 0 radical (unpaired) electrons. The van der Waals surface area contributed by atoms with E-state index in [1.807, 2.05) is 41.1 Å². The Morgan fingerprint density at radius 1 is 0.418 bits per heavy atom. The van der Waals surface area contributed by atoms with E-state index in [0.717, 1.165) is 10.7 Å². The van der Waals surface area contributed by atoms with Gasteiger partial charge in [-0.15, -0.1) is 57.8 Å². The molecule has 16 rings (SSSR count). The van der Waals surface area contributed by atoms with E-state index < -0.39 is 144 Å². The third kappa shape index (κ3) is 28.0. The van der Waals surface area contributed by atoms with Crippen molar-refractivity contribution >= 4 is 231 Å². The molecule has 0 saturated carbocycles. The van der Waals surface area contributed by atoms with Gasteiger partial charge in [-0.3, -0.25) is 20.0 Å². The second-order valence-corrected chi connectivity index (χ2v) is 50.0. The van der Waals surface area contributed by atoms with Crippen LogP contribution < -0.4 is 19.9 Å². The Kier molecular flexibility index (Phi) is 41.3. The van der Waals surface area contributed by atoms with E-state index in [9.17, 15) is 74.3 Å². The van der Waals surface area contributed by atoms with Crippen molar-refractivity contribution in [2.24, 2.45) is 25.7 Å². The number of halogens is 11. The van der Waals surface area contributed by atoms with Crippen LogP contribution in [-0.2, 0) is 77.2 Å². The summed E-state index contributed by atoms with van der Waals surface area (Å²) in [7, 11) is -9.04. The number of nitrogens with one attached hydrogen (secondary N) is 3. The van der Waals surface area contributed by atoms with Crippen LogP contribution in [0.15, 0.2) is 202 Å². The molecule has 0 bridgehead atoms. The van der Waals surface area contributed by atoms with Crippen LogP contribution in [0.5, 0.6) is 0 Å². The summed E-state index contributed by atoms with van der Waals surface area (Å²) in [5.74, 6) is -1.43. The zero-order valence-electron chi connectivity index (χ0n) is 77.8. The zero-order valence-corrected chi connectivity index (χ0v) is 93.1. The molecule has 8 aliphatic rings. The Hall–Kier alpha value is -7.74. The van der Waals surface area contributed by atoms with Crippen LogP contribution in [0.3, 0.4) is 0 Å². The molecule has 141 heavy (non-hydrogen) atoms. The van der Waals surface area contributed by atoms with Gasteiger partial charge in [-0.2, -0.15) is 3.89 Å². The number of benzene rings is 4. The number of rotatable bonds is 26. The maximum Gasteiger partial charge on any atom is 0.338 e. The minimum Gasteiger partial charge on any atom is -0.463 e. The lowest BCUT2D eigenvalue weighted by atomic mass is 9.94. The van der Waals surface area contributed by atoms with Gasteiger partial charge in [-0.1, -0.05) is 88.0 Å². The van der Waals surface area contributed by atoms with Crippen molar-refractivity contribution in [3.05, 3.63) is 248 Å². The molecule has 0 spiro atoms. The Balaban J connectivity index is 0.000000187. The fourth-order valence-corrected chi connectivity index (χ4v) is 22.9. The van der Waals surface area contributed by atoms with Crippen molar-refractivity contribution in [2.75, 3.05) is 58.9 Å². The summed E-state index contributed by atoms with van der Waals surface area (Å²) < 4.78 is 193. The summed E-state index contributed by atoms with van der Waals surface area (Å²) in [6, 6.07) is 12.5. The number of fused-ring (bicyclic) bond motifs is 4. The molecule has 32 nitrogen and oxygen atoms in total. The Labute approximate surface area is 879 Å². The number of aliphatic imine (C=N–C) groups is 4. The van der Waals surface area contributed by atoms with Crippen LogP contribution in [0.25, 0.3) is 0 Å². The molecule has 0 aliphatic carbocycles. The number of hydrogen-bond acceptors (Lipinski definition) is 34. The van der Waals surface area contributed by atoms with Crippen LogP contribution in [0, 0.1) is 23.3 Å². The second-order valence-electron chi connectivity index (χ2n) is 32.7. The number of thiazole rings is 4. The predicted octanol–water partition coefficient (Wildman–Crippen LogP) is 17.3. The van der Waals surface area contributed by atoms with Gasteiger partial charge in [0, 0.05) is 192 Å². The Bertz CT molecular complexity index is 6170. The van der Waals surface area contributed by atoms with Crippen LogP contribution in [0.2, 0.25) is 0 Å². The number of esters is 4. The summed E-state index contributed by atoms with van der Waals surface area (Å²) in [4.78, 5) is 97.0. The van der Waals surface area contributed by atoms with E-state index in [4.69, 9.17) is 55.3 Å². The molecule has 8 aromatic rings. The number of carbonyl (C=O) groups excluding carboxylic acids is 4. The highest BCUT2D eigenvalue weighted by molar-refractivity contribution is 9.11. The smallest absolute Gasteiger partial charge is 0.338 e. The van der Waals surface area contributed by atoms with Gasteiger partial charge in [0.25, 0.3) is 0 Å². The first-order valence-electron chi connectivity index (χ1n) is 43.5. The van der Waals surface area contributed by atoms with Gasteiger partial charge in [0.2, 0.25) is 39.1 Å². The van der Waals surface area contributed by atoms with Crippen LogP contribution in [0.1, 0.15) is 175 Å². The summed E-state index contributed by atoms with van der Waals surface area (Å²) in [6.07, 6.45) is 9.43.